The fourth-order valence-electron chi connectivity index (χ4n) is 1.53. The number of carboxylic acid groups (broad SMARTS) is 1. The van der Waals surface area contributed by atoms with Crippen molar-refractivity contribution in [3.63, 3.8) is 0 Å². The van der Waals surface area contributed by atoms with Crippen molar-refractivity contribution in [3.8, 4) is 0 Å². The summed E-state index contributed by atoms with van der Waals surface area (Å²) in [6.07, 6.45) is 0.348. The Hall–Kier alpha value is -2.17. The lowest BCUT2D eigenvalue weighted by atomic mass is 10.0. The third kappa shape index (κ3) is 1.56. The first-order valence-electron chi connectivity index (χ1n) is 4.78. The number of aromatic carboxylic acids is 1. The van der Waals surface area contributed by atoms with Crippen LogP contribution >= 0.6 is 0 Å². The van der Waals surface area contributed by atoms with Gasteiger partial charge >= 0.3 is 5.97 Å². The highest BCUT2D eigenvalue weighted by Crippen LogP contribution is 2.17. The van der Waals surface area contributed by atoms with Gasteiger partial charge in [-0.3, -0.25) is 14.5 Å². The molecule has 0 bridgehead atoms. The predicted molar refractivity (Wildman–Crippen MR) is 54.1 cm³/mol. The monoisotopic (exact) mass is 219 g/mol. The Balaban J connectivity index is 2.36. The molecule has 0 saturated carbocycles. The first-order valence-corrected chi connectivity index (χ1v) is 4.78. The highest BCUT2D eigenvalue weighted by molar-refractivity contribution is 6.11. The summed E-state index contributed by atoms with van der Waals surface area (Å²) in [7, 11) is 0. The Kier molecular flexibility index (Phi) is 2.44. The van der Waals surface area contributed by atoms with Gasteiger partial charge in [0.05, 0.1) is 11.1 Å². The van der Waals surface area contributed by atoms with Gasteiger partial charge in [0.2, 0.25) is 5.91 Å². The van der Waals surface area contributed by atoms with Crippen LogP contribution in [0.2, 0.25) is 0 Å². The highest BCUT2D eigenvalue weighted by Gasteiger charge is 2.32. The van der Waals surface area contributed by atoms with Gasteiger partial charge in [-0.1, -0.05) is 12.1 Å². The van der Waals surface area contributed by atoms with Gasteiger partial charge in [-0.05, 0) is 12.1 Å². The number of amides is 2. The van der Waals surface area contributed by atoms with Crippen LogP contribution in [-0.4, -0.2) is 34.3 Å². The summed E-state index contributed by atoms with van der Waals surface area (Å²) in [5.74, 6) is -1.96. The molecule has 1 aliphatic rings. The molecule has 1 aromatic carbocycles. The van der Waals surface area contributed by atoms with E-state index in [1.165, 1.54) is 18.2 Å². The molecule has 16 heavy (non-hydrogen) atoms. The van der Waals surface area contributed by atoms with Crippen molar-refractivity contribution in [2.24, 2.45) is 0 Å². The van der Waals surface area contributed by atoms with Crippen LogP contribution in [0.1, 0.15) is 27.1 Å². The van der Waals surface area contributed by atoms with E-state index in [-0.39, 0.29) is 17.0 Å². The average Bonchev–Trinajstić information content (AvgIpc) is 2.27. The predicted octanol–water partition coefficient (Wildman–Crippen LogP) is 0.757. The minimum absolute atomic E-state index is 0.0584. The fraction of sp³-hybridized carbons (Fsp3) is 0.182. The zero-order chi connectivity index (χ0) is 11.7. The van der Waals surface area contributed by atoms with E-state index in [0.29, 0.717) is 13.0 Å². The average molecular weight is 219 g/mol. The number of nitrogens with zero attached hydrogens (tertiary/aromatic N) is 1. The molecule has 5 heteroatoms. The van der Waals surface area contributed by atoms with Gasteiger partial charge in [0, 0.05) is 13.0 Å². The lowest BCUT2D eigenvalue weighted by molar-refractivity contribution is -0.135. The molecule has 0 aliphatic carbocycles. The molecular formula is C11H9NO4. The molecule has 0 aromatic heterocycles. The minimum atomic E-state index is -1.17. The van der Waals surface area contributed by atoms with Gasteiger partial charge in [-0.2, -0.15) is 0 Å². The van der Waals surface area contributed by atoms with E-state index in [0.717, 1.165) is 4.90 Å². The Morgan fingerprint density at radius 2 is 1.81 bits per heavy atom. The maximum Gasteiger partial charge on any atom is 0.336 e. The molecule has 2 rings (SSSR count). The number of carbonyl (C=O) groups is 3. The molecule has 5 nitrogen and oxygen atoms in total. The van der Waals surface area contributed by atoms with Gasteiger partial charge in [0.1, 0.15) is 0 Å². The molecule has 1 aliphatic heterocycles. The lowest BCUT2D eigenvalue weighted by Gasteiger charge is -2.28. The molecule has 1 N–H and O–H groups in total. The molecule has 1 aromatic rings. The largest absolute Gasteiger partial charge is 0.478 e. The number of imide groups is 1. The van der Waals surface area contributed by atoms with E-state index in [4.69, 9.17) is 5.11 Å². The molecule has 2 amide bonds. The summed E-state index contributed by atoms with van der Waals surface area (Å²) < 4.78 is 0. The topological polar surface area (TPSA) is 74.7 Å². The number of likely N-dealkylation sites (tertiary alicyclic amines) is 1. The number of hydrogen-bond acceptors (Lipinski definition) is 3. The van der Waals surface area contributed by atoms with E-state index in [1.54, 1.807) is 6.07 Å². The Morgan fingerprint density at radius 3 is 2.25 bits per heavy atom. The summed E-state index contributed by atoms with van der Waals surface area (Å²) >= 11 is 0. The zero-order valence-corrected chi connectivity index (χ0v) is 8.34. The van der Waals surface area contributed by atoms with Gasteiger partial charge < -0.3 is 5.11 Å². The number of hydrogen-bond donors (Lipinski definition) is 1. The van der Waals surface area contributed by atoms with Crippen molar-refractivity contribution in [1.29, 1.82) is 0 Å². The Bertz CT molecular complexity index is 481. The quantitative estimate of drug-likeness (QED) is 0.588. The molecule has 82 valence electrons. The van der Waals surface area contributed by atoms with E-state index < -0.39 is 11.9 Å². The van der Waals surface area contributed by atoms with Gasteiger partial charge in [0.15, 0.2) is 0 Å². The third-order valence-electron chi connectivity index (χ3n) is 2.48. The molecule has 0 spiro atoms. The zero-order valence-electron chi connectivity index (χ0n) is 8.34. The maximum absolute atomic E-state index is 11.8. The van der Waals surface area contributed by atoms with Crippen LogP contribution in [0.5, 0.6) is 0 Å². The van der Waals surface area contributed by atoms with Crippen LogP contribution < -0.4 is 0 Å². The number of rotatable bonds is 2. The lowest BCUT2D eigenvalue weighted by Crippen LogP contribution is -2.47. The van der Waals surface area contributed by atoms with Crippen molar-refractivity contribution >= 4 is 17.8 Å². The number of carboxylic acids is 1. The van der Waals surface area contributed by atoms with E-state index in [9.17, 15) is 14.4 Å². The van der Waals surface area contributed by atoms with Crippen molar-refractivity contribution in [3.05, 3.63) is 35.4 Å². The van der Waals surface area contributed by atoms with Gasteiger partial charge in [-0.15, -0.1) is 0 Å². The fourth-order valence-corrected chi connectivity index (χ4v) is 1.53. The van der Waals surface area contributed by atoms with Crippen LogP contribution in [-0.2, 0) is 4.79 Å². The van der Waals surface area contributed by atoms with E-state index in [2.05, 4.69) is 0 Å². The Labute approximate surface area is 91.3 Å². The summed E-state index contributed by atoms with van der Waals surface area (Å²) in [5.41, 5.74) is -0.0183. The molecule has 1 saturated heterocycles. The van der Waals surface area contributed by atoms with Crippen molar-refractivity contribution in [2.75, 3.05) is 6.54 Å². The minimum Gasteiger partial charge on any atom is -0.478 e. The van der Waals surface area contributed by atoms with Gasteiger partial charge in [0.25, 0.3) is 5.91 Å². The van der Waals surface area contributed by atoms with Crippen molar-refractivity contribution in [2.45, 2.75) is 6.42 Å². The summed E-state index contributed by atoms with van der Waals surface area (Å²) in [6.45, 7) is 0.367. The SMILES string of the molecule is O=C(O)c1ccccc1C(=O)N1CCC1=O. The summed E-state index contributed by atoms with van der Waals surface area (Å²) in [5, 5.41) is 8.90. The molecule has 0 radical (unpaired) electrons. The first-order chi connectivity index (χ1) is 7.61. The molecule has 0 atom stereocenters. The summed E-state index contributed by atoms with van der Waals surface area (Å²) in [4.78, 5) is 34.8. The number of benzene rings is 1. The number of carbonyl (C=O) groups excluding carboxylic acids is 2. The second-order valence-electron chi connectivity index (χ2n) is 3.45. The first kappa shape index (κ1) is 10.4. The van der Waals surface area contributed by atoms with Crippen molar-refractivity contribution in [1.82, 2.24) is 4.90 Å². The third-order valence-corrected chi connectivity index (χ3v) is 2.48. The molecular weight excluding hydrogens is 210 g/mol. The molecule has 1 fully saturated rings. The van der Waals surface area contributed by atoms with Crippen LogP contribution in [0.25, 0.3) is 0 Å². The van der Waals surface area contributed by atoms with Crippen LogP contribution in [0, 0.1) is 0 Å². The normalized spacial score (nSPS) is 14.5. The summed E-state index contributed by atoms with van der Waals surface area (Å²) in [6, 6.07) is 5.87. The van der Waals surface area contributed by atoms with Crippen LogP contribution in [0.3, 0.4) is 0 Å². The van der Waals surface area contributed by atoms with Crippen LogP contribution in [0.4, 0.5) is 0 Å². The smallest absolute Gasteiger partial charge is 0.336 e. The second kappa shape index (κ2) is 3.77. The van der Waals surface area contributed by atoms with E-state index >= 15 is 0 Å². The van der Waals surface area contributed by atoms with E-state index in [1.807, 2.05) is 0 Å². The number of β-lactam (4-membered cyclic amide) rings is 1. The standard InChI is InChI=1S/C11H9NO4/c13-9-5-6-12(9)10(14)7-3-1-2-4-8(7)11(15)16/h1-4H,5-6H2,(H,15,16). The Morgan fingerprint density at radius 1 is 1.19 bits per heavy atom. The maximum atomic E-state index is 11.8. The van der Waals surface area contributed by atoms with Crippen LogP contribution in [0.15, 0.2) is 24.3 Å². The molecule has 0 unspecified atom stereocenters. The highest BCUT2D eigenvalue weighted by atomic mass is 16.4. The van der Waals surface area contributed by atoms with Crippen molar-refractivity contribution < 1.29 is 19.5 Å². The second-order valence-corrected chi connectivity index (χ2v) is 3.45. The van der Waals surface area contributed by atoms with Gasteiger partial charge in [-0.25, -0.2) is 4.79 Å². The molecule has 1 heterocycles.